The zero-order chi connectivity index (χ0) is 29.5. The molecule has 0 aliphatic carbocycles. The van der Waals surface area contributed by atoms with E-state index in [0.717, 1.165) is 0 Å². The van der Waals surface area contributed by atoms with Crippen LogP contribution in [0.3, 0.4) is 0 Å². The van der Waals surface area contributed by atoms with Crippen LogP contribution in [-0.2, 0) is 27.4 Å². The molecule has 2 aliphatic heterocycles. The van der Waals surface area contributed by atoms with Crippen LogP contribution in [-0.4, -0.2) is 63.6 Å². The zero-order valence-corrected chi connectivity index (χ0v) is 24.1. The van der Waals surface area contributed by atoms with Crippen molar-refractivity contribution in [3.05, 3.63) is 98.5 Å². The highest BCUT2D eigenvalue weighted by molar-refractivity contribution is 6.30. The van der Waals surface area contributed by atoms with Gasteiger partial charge < -0.3 is 14.9 Å². The first-order chi connectivity index (χ1) is 19.5. The van der Waals surface area contributed by atoms with Gasteiger partial charge in [0.1, 0.15) is 5.82 Å². The van der Waals surface area contributed by atoms with E-state index in [-0.39, 0.29) is 35.7 Å². The molecule has 216 valence electrons. The first-order valence-corrected chi connectivity index (χ1v) is 14.0. The quantitative estimate of drug-likeness (QED) is 0.373. The number of likely N-dealkylation sites (tertiary alicyclic amines) is 1. The molecule has 3 aromatic rings. The van der Waals surface area contributed by atoms with E-state index in [2.05, 4.69) is 4.98 Å². The normalized spacial score (nSPS) is 21.1. The SMILES string of the molecule is CO[C@]1(c2ccc(Cl)cc2)c2c(F)cc(C(C)(O)C3CCN(CC(=O)O)CC3)cc2C(=O)N1Cc1ccc(Cl)cn1. The number of piperidine rings is 1. The van der Waals surface area contributed by atoms with Crippen molar-refractivity contribution >= 4 is 35.1 Å². The highest BCUT2D eigenvalue weighted by atomic mass is 35.5. The van der Waals surface area contributed by atoms with Crippen LogP contribution in [0.4, 0.5) is 4.39 Å². The van der Waals surface area contributed by atoms with Crippen LogP contribution in [0.1, 0.15) is 52.5 Å². The summed E-state index contributed by atoms with van der Waals surface area (Å²) < 4.78 is 22.4. The fourth-order valence-corrected chi connectivity index (χ4v) is 6.30. The minimum atomic E-state index is -1.63. The Morgan fingerprint density at radius 2 is 1.80 bits per heavy atom. The van der Waals surface area contributed by atoms with Crippen molar-refractivity contribution < 1.29 is 28.9 Å². The van der Waals surface area contributed by atoms with E-state index in [1.807, 2.05) is 4.90 Å². The van der Waals surface area contributed by atoms with Crippen molar-refractivity contribution in [2.24, 2.45) is 5.92 Å². The Kier molecular flexibility index (Phi) is 8.11. The number of ether oxygens (including phenoxy) is 1. The number of carboxylic acids is 1. The number of methoxy groups -OCH3 is 1. The molecular formula is C30H30Cl2FN3O5. The van der Waals surface area contributed by atoms with E-state index in [0.29, 0.717) is 47.2 Å². The van der Waals surface area contributed by atoms with Crippen LogP contribution in [0.2, 0.25) is 10.0 Å². The number of aliphatic hydroxyl groups is 1. The molecule has 3 heterocycles. The molecule has 0 bridgehead atoms. The molecule has 1 unspecified atom stereocenters. The number of halogens is 3. The first kappa shape index (κ1) is 29.4. The van der Waals surface area contributed by atoms with Gasteiger partial charge in [0.05, 0.1) is 40.5 Å². The average molecular weight is 602 g/mol. The third-order valence-corrected chi connectivity index (χ3v) is 8.73. The number of aliphatic carboxylic acids is 1. The van der Waals surface area contributed by atoms with Crippen molar-refractivity contribution in [2.45, 2.75) is 37.6 Å². The first-order valence-electron chi connectivity index (χ1n) is 13.2. The molecule has 2 aromatic carbocycles. The van der Waals surface area contributed by atoms with Crippen LogP contribution in [0.5, 0.6) is 0 Å². The molecule has 1 saturated heterocycles. The van der Waals surface area contributed by atoms with E-state index in [4.69, 9.17) is 33.0 Å². The number of nitrogens with zero attached hydrogens (tertiary/aromatic N) is 3. The summed E-state index contributed by atoms with van der Waals surface area (Å²) in [6.45, 7) is 2.52. The van der Waals surface area contributed by atoms with E-state index < -0.39 is 29.0 Å². The maximum atomic E-state index is 16.3. The molecule has 2 aliphatic rings. The molecular weight excluding hydrogens is 572 g/mol. The summed E-state index contributed by atoms with van der Waals surface area (Å²) in [5.41, 5.74) is -1.69. The summed E-state index contributed by atoms with van der Waals surface area (Å²) in [5.74, 6) is -2.35. The van der Waals surface area contributed by atoms with Crippen molar-refractivity contribution in [2.75, 3.05) is 26.7 Å². The Bertz CT molecular complexity index is 1460. The molecule has 0 radical (unpaired) electrons. The lowest BCUT2D eigenvalue weighted by atomic mass is 9.76. The third-order valence-electron chi connectivity index (χ3n) is 8.25. The molecule has 8 nitrogen and oxygen atoms in total. The number of carboxylic acid groups (broad SMARTS) is 1. The third kappa shape index (κ3) is 5.33. The van der Waals surface area contributed by atoms with E-state index in [1.54, 1.807) is 49.4 Å². The lowest BCUT2D eigenvalue weighted by Crippen LogP contribution is -2.46. The maximum Gasteiger partial charge on any atom is 0.317 e. The van der Waals surface area contributed by atoms with Gasteiger partial charge in [-0.3, -0.25) is 24.4 Å². The van der Waals surface area contributed by atoms with Crippen LogP contribution < -0.4 is 0 Å². The minimum absolute atomic E-state index is 0.00560. The Morgan fingerprint density at radius 3 is 2.39 bits per heavy atom. The van der Waals surface area contributed by atoms with Crippen molar-refractivity contribution in [3.8, 4) is 0 Å². The number of fused-ring (bicyclic) bond motifs is 1. The minimum Gasteiger partial charge on any atom is -0.480 e. The summed E-state index contributed by atoms with van der Waals surface area (Å²) in [6, 6.07) is 12.8. The predicted molar refractivity (Wildman–Crippen MR) is 151 cm³/mol. The Balaban J connectivity index is 1.58. The number of pyridine rings is 1. The second-order valence-corrected chi connectivity index (χ2v) is 11.6. The summed E-state index contributed by atoms with van der Waals surface area (Å²) in [5, 5.41) is 21.7. The number of benzene rings is 2. The van der Waals surface area contributed by atoms with Crippen molar-refractivity contribution in [1.29, 1.82) is 0 Å². The zero-order valence-electron chi connectivity index (χ0n) is 22.6. The van der Waals surface area contributed by atoms with Gasteiger partial charge in [-0.25, -0.2) is 4.39 Å². The molecule has 5 rings (SSSR count). The van der Waals surface area contributed by atoms with Crippen molar-refractivity contribution in [3.63, 3.8) is 0 Å². The molecule has 1 amide bonds. The lowest BCUT2D eigenvalue weighted by Gasteiger charge is -2.40. The van der Waals surface area contributed by atoms with Gasteiger partial charge >= 0.3 is 5.97 Å². The number of carbonyl (C=O) groups is 2. The summed E-state index contributed by atoms with van der Waals surface area (Å²) in [7, 11) is 1.41. The number of amides is 1. The molecule has 1 fully saturated rings. The molecule has 41 heavy (non-hydrogen) atoms. The van der Waals surface area contributed by atoms with E-state index in [1.165, 1.54) is 24.3 Å². The summed E-state index contributed by atoms with van der Waals surface area (Å²) in [4.78, 5) is 32.8. The van der Waals surface area contributed by atoms with Crippen LogP contribution in [0.15, 0.2) is 54.7 Å². The van der Waals surface area contributed by atoms with Gasteiger partial charge in [-0.15, -0.1) is 0 Å². The van der Waals surface area contributed by atoms with Gasteiger partial charge in [0.25, 0.3) is 5.91 Å². The second kappa shape index (κ2) is 11.3. The lowest BCUT2D eigenvalue weighted by molar-refractivity contribution is -0.139. The number of carbonyl (C=O) groups excluding carboxylic acids is 1. The van der Waals surface area contributed by atoms with E-state index in [9.17, 15) is 14.7 Å². The monoisotopic (exact) mass is 601 g/mol. The van der Waals surface area contributed by atoms with E-state index >= 15 is 4.39 Å². The van der Waals surface area contributed by atoms with Crippen LogP contribution in [0, 0.1) is 11.7 Å². The number of rotatable bonds is 8. The Morgan fingerprint density at radius 1 is 1.15 bits per heavy atom. The fourth-order valence-electron chi connectivity index (χ4n) is 6.07. The topological polar surface area (TPSA) is 103 Å². The highest BCUT2D eigenvalue weighted by Crippen LogP contribution is 2.49. The van der Waals surface area contributed by atoms with Gasteiger partial charge in [0.2, 0.25) is 0 Å². The van der Waals surface area contributed by atoms with Gasteiger partial charge in [0.15, 0.2) is 5.72 Å². The van der Waals surface area contributed by atoms with Crippen LogP contribution in [0.25, 0.3) is 0 Å². The molecule has 11 heteroatoms. The van der Waals surface area contributed by atoms with Gasteiger partial charge in [0, 0.05) is 23.9 Å². The molecule has 2 atom stereocenters. The summed E-state index contributed by atoms with van der Waals surface area (Å²) >= 11 is 12.2. The summed E-state index contributed by atoms with van der Waals surface area (Å²) in [6.07, 6.45) is 2.52. The Hall–Kier alpha value is -3.08. The van der Waals surface area contributed by atoms with Crippen LogP contribution >= 0.6 is 23.2 Å². The molecule has 0 spiro atoms. The van der Waals surface area contributed by atoms with Gasteiger partial charge in [-0.1, -0.05) is 35.3 Å². The number of hydrogen-bond acceptors (Lipinski definition) is 6. The molecule has 0 saturated carbocycles. The molecule has 1 aromatic heterocycles. The Labute approximate surface area is 247 Å². The standard InChI is InChI=1S/C30H30Cl2FN3O5/c1-29(40,18-9-11-35(12-10-18)17-26(37)38)20-13-24-27(25(33)14-20)30(41-2,19-3-5-21(31)6-4-19)36(28(24)39)16-23-8-7-22(32)15-34-23/h3-8,13-15,18,40H,9-12,16-17H2,1-2H3,(H,37,38)/t29?,30-/m1/s1. The smallest absolute Gasteiger partial charge is 0.317 e. The predicted octanol–water partition coefficient (Wildman–Crippen LogP) is 5.04. The maximum absolute atomic E-state index is 16.3. The highest BCUT2D eigenvalue weighted by Gasteiger charge is 2.54. The number of hydrogen-bond donors (Lipinski definition) is 2. The number of aromatic nitrogens is 1. The second-order valence-electron chi connectivity index (χ2n) is 10.7. The fraction of sp³-hybridized carbons (Fsp3) is 0.367. The van der Waals surface area contributed by atoms with Gasteiger partial charge in [-0.05, 0) is 80.7 Å². The largest absolute Gasteiger partial charge is 0.480 e. The molecule has 2 N–H and O–H groups in total. The van der Waals surface area contributed by atoms with Crippen molar-refractivity contribution in [1.82, 2.24) is 14.8 Å². The average Bonchev–Trinajstić information content (AvgIpc) is 3.18. The van der Waals surface area contributed by atoms with Gasteiger partial charge in [-0.2, -0.15) is 0 Å².